The third-order valence-electron chi connectivity index (χ3n) is 2.72. The van der Waals surface area contributed by atoms with E-state index in [4.69, 9.17) is 0 Å². The average molecular weight is 355 g/mol. The first-order valence-electron chi connectivity index (χ1n) is 5.94. The molecule has 0 unspecified atom stereocenters. The van der Waals surface area contributed by atoms with E-state index < -0.39 is 20.0 Å². The van der Waals surface area contributed by atoms with Crippen LogP contribution in [0, 0.1) is 9.81 Å². The minimum Gasteiger partial charge on any atom is -0.206 e. The number of benzene rings is 2. The second kappa shape index (κ2) is 6.32. The van der Waals surface area contributed by atoms with Crippen LogP contribution in [0.15, 0.2) is 68.7 Å². The Bertz CT molecular complexity index is 856. The highest BCUT2D eigenvalue weighted by molar-refractivity contribution is 8.04. The van der Waals surface area contributed by atoms with Gasteiger partial charge in [0.15, 0.2) is 0 Å². The van der Waals surface area contributed by atoms with Gasteiger partial charge in [-0.15, -0.1) is 13.9 Å². The first-order valence-corrected chi connectivity index (χ1v) is 8.90. The fourth-order valence-electron chi connectivity index (χ4n) is 1.61. The lowest BCUT2D eigenvalue weighted by Crippen LogP contribution is -2.30. The zero-order valence-electron chi connectivity index (χ0n) is 11.3. The molecule has 0 aliphatic heterocycles. The predicted octanol–water partition coefficient (Wildman–Crippen LogP) is 2.15. The first-order chi connectivity index (χ1) is 10.8. The topological polar surface area (TPSA) is 139 Å². The summed E-state index contributed by atoms with van der Waals surface area (Å²) in [7, 11) is -8.75. The van der Waals surface area contributed by atoms with Crippen LogP contribution in [-0.4, -0.2) is 16.8 Å². The van der Waals surface area contributed by atoms with Crippen molar-refractivity contribution in [2.45, 2.75) is 9.79 Å². The molecule has 2 rings (SSSR count). The smallest absolute Gasteiger partial charge is 0.206 e. The largest absolute Gasteiger partial charge is 0.253 e. The third kappa shape index (κ3) is 3.83. The van der Waals surface area contributed by atoms with E-state index in [1.165, 1.54) is 0 Å². The molecule has 0 aromatic heterocycles. The quantitative estimate of drug-likeness (QED) is 0.787. The molecule has 0 atom stereocenters. The summed E-state index contributed by atoms with van der Waals surface area (Å²) in [6.07, 6.45) is 0. The number of nitroso groups, excluding NO2 is 2. The van der Waals surface area contributed by atoms with Crippen LogP contribution in [0.25, 0.3) is 0 Å². The van der Waals surface area contributed by atoms with E-state index in [1.807, 2.05) is 0 Å². The Labute approximate surface area is 131 Å². The van der Waals surface area contributed by atoms with Gasteiger partial charge in [0.25, 0.3) is 20.0 Å². The zero-order valence-corrected chi connectivity index (χ0v) is 12.9. The zero-order chi connectivity index (χ0) is 17.1. The predicted molar refractivity (Wildman–Crippen MR) is 81.3 cm³/mol. The van der Waals surface area contributed by atoms with E-state index in [1.54, 1.807) is 4.13 Å². The molecule has 9 nitrogen and oxygen atoms in total. The normalized spacial score (nSPS) is 11.8. The fourth-order valence-corrected chi connectivity index (χ4v) is 4.53. The van der Waals surface area contributed by atoms with Crippen LogP contribution in [0.1, 0.15) is 0 Å². The average Bonchev–Trinajstić information content (AvgIpc) is 2.54. The number of rotatable bonds is 6. The molecule has 0 amide bonds. The van der Waals surface area contributed by atoms with Crippen molar-refractivity contribution >= 4 is 31.4 Å². The van der Waals surface area contributed by atoms with Gasteiger partial charge in [-0.25, -0.2) is 16.8 Å². The van der Waals surface area contributed by atoms with Gasteiger partial charge in [-0.1, -0.05) is 0 Å². The number of hydrogen-bond donors (Lipinski definition) is 1. The Kier molecular flexibility index (Phi) is 4.63. The molecule has 0 aliphatic carbocycles. The summed E-state index contributed by atoms with van der Waals surface area (Å²) in [6.45, 7) is 0. The molecule has 0 radical (unpaired) electrons. The summed E-state index contributed by atoms with van der Waals surface area (Å²) in [4.78, 5) is 19.9. The van der Waals surface area contributed by atoms with Crippen LogP contribution >= 0.6 is 0 Å². The molecule has 23 heavy (non-hydrogen) atoms. The van der Waals surface area contributed by atoms with Gasteiger partial charge in [0, 0.05) is 0 Å². The van der Waals surface area contributed by atoms with E-state index in [0.29, 0.717) is 0 Å². The standard InChI is InChI=1S/C12H9N3O6S2/c16-13-9-1-5-11(6-2-9)22(18,19)15-23(20,21)12-7-3-10(14-17)4-8-12/h1-8,15H. The van der Waals surface area contributed by atoms with Crippen LogP contribution in [0.3, 0.4) is 0 Å². The summed E-state index contributed by atoms with van der Waals surface area (Å²) in [5, 5.41) is 5.23. The Morgan fingerprint density at radius 3 is 1.17 bits per heavy atom. The Hall–Kier alpha value is -2.50. The Morgan fingerprint density at radius 2 is 0.913 bits per heavy atom. The summed E-state index contributed by atoms with van der Waals surface area (Å²) in [6, 6.07) is 8.75. The van der Waals surface area contributed by atoms with Crippen molar-refractivity contribution in [3.63, 3.8) is 0 Å². The SMILES string of the molecule is O=Nc1ccc(S(=O)(=O)NS(=O)(=O)c2ccc(N=O)cc2)cc1. The molecule has 11 heteroatoms. The number of nitrogens with one attached hydrogen (secondary N) is 1. The molecule has 0 heterocycles. The molecular weight excluding hydrogens is 346 g/mol. The summed E-state index contributed by atoms with van der Waals surface area (Å²) in [5.41, 5.74) is 0.00696. The number of nitrogens with zero attached hydrogens (tertiary/aromatic N) is 2. The van der Waals surface area contributed by atoms with Crippen LogP contribution in [0.5, 0.6) is 0 Å². The summed E-state index contributed by atoms with van der Waals surface area (Å²) >= 11 is 0. The van der Waals surface area contributed by atoms with Gasteiger partial charge in [0.2, 0.25) is 0 Å². The fraction of sp³-hybridized carbons (Fsp3) is 0. The lowest BCUT2D eigenvalue weighted by Gasteiger charge is -2.08. The third-order valence-corrected chi connectivity index (χ3v) is 6.27. The van der Waals surface area contributed by atoms with E-state index in [0.717, 1.165) is 48.5 Å². The van der Waals surface area contributed by atoms with Crippen LogP contribution in [0.4, 0.5) is 11.4 Å². The van der Waals surface area contributed by atoms with E-state index in [-0.39, 0.29) is 21.2 Å². The Morgan fingerprint density at radius 1 is 0.609 bits per heavy atom. The van der Waals surface area contributed by atoms with Gasteiger partial charge in [-0.05, 0) is 58.9 Å². The minimum absolute atomic E-state index is 0.00348. The molecule has 0 saturated carbocycles. The second-order valence-electron chi connectivity index (χ2n) is 4.26. The summed E-state index contributed by atoms with van der Waals surface area (Å²) < 4.78 is 49.9. The van der Waals surface area contributed by atoms with Crippen LogP contribution in [-0.2, 0) is 20.0 Å². The highest BCUT2D eigenvalue weighted by Crippen LogP contribution is 2.19. The van der Waals surface area contributed by atoms with Gasteiger partial charge in [-0.2, -0.15) is 0 Å². The van der Waals surface area contributed by atoms with Crippen LogP contribution < -0.4 is 4.13 Å². The number of sulfonamides is 2. The molecule has 0 spiro atoms. The van der Waals surface area contributed by atoms with Crippen molar-refractivity contribution in [1.82, 2.24) is 4.13 Å². The molecule has 2 aromatic carbocycles. The van der Waals surface area contributed by atoms with Crippen molar-refractivity contribution in [2.75, 3.05) is 0 Å². The first kappa shape index (κ1) is 16.9. The van der Waals surface area contributed by atoms with E-state index in [2.05, 4.69) is 10.4 Å². The molecule has 120 valence electrons. The van der Waals surface area contributed by atoms with Gasteiger partial charge in [-0.3, -0.25) is 0 Å². The van der Waals surface area contributed by atoms with E-state index in [9.17, 15) is 26.6 Å². The monoisotopic (exact) mass is 355 g/mol. The molecule has 0 saturated heterocycles. The van der Waals surface area contributed by atoms with Crippen molar-refractivity contribution in [3.05, 3.63) is 58.3 Å². The molecule has 0 aliphatic rings. The maximum atomic E-state index is 12.1. The maximum absolute atomic E-state index is 12.1. The Balaban J connectivity index is 2.33. The molecule has 0 fully saturated rings. The van der Waals surface area contributed by atoms with Gasteiger partial charge < -0.3 is 0 Å². The maximum Gasteiger partial charge on any atom is 0.253 e. The van der Waals surface area contributed by atoms with Crippen molar-refractivity contribution in [3.8, 4) is 0 Å². The molecule has 0 bridgehead atoms. The molecule has 2 aromatic rings. The van der Waals surface area contributed by atoms with Gasteiger partial charge in [0.05, 0.1) is 9.79 Å². The van der Waals surface area contributed by atoms with Crippen molar-refractivity contribution in [2.24, 2.45) is 10.4 Å². The van der Waals surface area contributed by atoms with Crippen LogP contribution in [0.2, 0.25) is 0 Å². The van der Waals surface area contributed by atoms with Gasteiger partial charge >= 0.3 is 0 Å². The molecule has 1 N–H and O–H groups in total. The van der Waals surface area contributed by atoms with Crippen molar-refractivity contribution < 1.29 is 16.8 Å². The van der Waals surface area contributed by atoms with Gasteiger partial charge in [0.1, 0.15) is 11.4 Å². The minimum atomic E-state index is -4.37. The summed E-state index contributed by atoms with van der Waals surface area (Å²) in [5.74, 6) is 0. The van der Waals surface area contributed by atoms with E-state index >= 15 is 0 Å². The number of hydrogen-bond acceptors (Lipinski definition) is 8. The lowest BCUT2D eigenvalue weighted by molar-refractivity contribution is 0.577. The van der Waals surface area contributed by atoms with Crippen molar-refractivity contribution in [1.29, 1.82) is 0 Å². The highest BCUT2D eigenvalue weighted by atomic mass is 32.3. The lowest BCUT2D eigenvalue weighted by atomic mass is 10.3. The second-order valence-corrected chi connectivity index (χ2v) is 7.88. The highest BCUT2D eigenvalue weighted by Gasteiger charge is 2.24. The molecular formula is C12H9N3O6S2.